The van der Waals surface area contributed by atoms with Crippen LogP contribution in [0.5, 0.6) is 11.5 Å². The minimum atomic E-state index is -3.90. The van der Waals surface area contributed by atoms with Crippen LogP contribution in [-0.4, -0.2) is 41.4 Å². The zero-order valence-electron chi connectivity index (χ0n) is 17.9. The maximum atomic E-state index is 13.6. The van der Waals surface area contributed by atoms with Gasteiger partial charge in [0.05, 0.1) is 24.8 Å². The molecule has 2 aromatic carbocycles. The number of fused-ring (bicyclic) bond motifs is 1. The van der Waals surface area contributed by atoms with Crippen molar-refractivity contribution in [3.63, 3.8) is 0 Å². The molecule has 9 heteroatoms. The van der Waals surface area contributed by atoms with E-state index < -0.39 is 10.0 Å². The molecule has 8 nitrogen and oxygen atoms in total. The average molecular weight is 461 g/mol. The Balaban J connectivity index is 1.63. The summed E-state index contributed by atoms with van der Waals surface area (Å²) in [5.74, 6) is 1.14. The highest BCUT2D eigenvalue weighted by Crippen LogP contribution is 2.37. The number of hydrogen-bond acceptors (Lipinski definition) is 6. The third-order valence-electron chi connectivity index (χ3n) is 5.39. The first-order valence-electron chi connectivity index (χ1n) is 10.1. The summed E-state index contributed by atoms with van der Waals surface area (Å²) in [6.45, 7) is 0. The Morgan fingerprint density at radius 1 is 0.879 bits per heavy atom. The summed E-state index contributed by atoms with van der Waals surface area (Å²) in [4.78, 5) is 4.52. The molecule has 0 aliphatic heterocycles. The molecule has 33 heavy (non-hydrogen) atoms. The van der Waals surface area contributed by atoms with Crippen molar-refractivity contribution in [1.29, 1.82) is 0 Å². The van der Waals surface area contributed by atoms with Gasteiger partial charge in [-0.2, -0.15) is 5.10 Å². The van der Waals surface area contributed by atoms with Crippen molar-refractivity contribution >= 4 is 21.1 Å². The Kier molecular flexibility index (Phi) is 5.10. The Labute approximate surface area is 190 Å². The Morgan fingerprint density at radius 3 is 2.36 bits per heavy atom. The van der Waals surface area contributed by atoms with Crippen LogP contribution in [-0.2, 0) is 10.0 Å². The van der Waals surface area contributed by atoms with E-state index in [-0.39, 0.29) is 4.90 Å². The highest BCUT2D eigenvalue weighted by atomic mass is 32.2. The van der Waals surface area contributed by atoms with Crippen molar-refractivity contribution in [1.82, 2.24) is 18.7 Å². The molecule has 0 aliphatic carbocycles. The summed E-state index contributed by atoms with van der Waals surface area (Å²) in [6, 6.07) is 17.5. The number of hydrogen-bond donors (Lipinski definition) is 0. The van der Waals surface area contributed by atoms with E-state index in [9.17, 15) is 8.42 Å². The lowest BCUT2D eigenvalue weighted by atomic mass is 10.1. The number of aromatic nitrogens is 4. The first-order valence-corrected chi connectivity index (χ1v) is 11.5. The summed E-state index contributed by atoms with van der Waals surface area (Å²) >= 11 is 0. The lowest BCUT2D eigenvalue weighted by molar-refractivity contribution is 0.355. The third-order valence-corrected chi connectivity index (χ3v) is 7.05. The van der Waals surface area contributed by atoms with Crippen LogP contribution < -0.4 is 9.47 Å². The molecule has 5 aromatic rings. The minimum absolute atomic E-state index is 0.153. The molecule has 166 valence electrons. The largest absolute Gasteiger partial charge is 0.493 e. The van der Waals surface area contributed by atoms with Gasteiger partial charge in [0.1, 0.15) is 0 Å². The normalized spacial score (nSPS) is 11.6. The fourth-order valence-electron chi connectivity index (χ4n) is 3.75. The van der Waals surface area contributed by atoms with Gasteiger partial charge in [-0.3, -0.25) is 0 Å². The van der Waals surface area contributed by atoms with E-state index >= 15 is 0 Å². The number of nitrogens with zero attached hydrogens (tertiary/aromatic N) is 4. The Bertz CT molecular complexity index is 1540. The quantitative estimate of drug-likeness (QED) is 0.378. The van der Waals surface area contributed by atoms with Crippen LogP contribution in [0.3, 0.4) is 0 Å². The molecule has 5 rings (SSSR count). The monoisotopic (exact) mass is 460 g/mol. The minimum Gasteiger partial charge on any atom is -0.493 e. The van der Waals surface area contributed by atoms with Crippen LogP contribution in [0.4, 0.5) is 0 Å². The van der Waals surface area contributed by atoms with Crippen LogP contribution in [0.1, 0.15) is 0 Å². The van der Waals surface area contributed by atoms with E-state index in [1.165, 1.54) is 3.97 Å². The molecule has 0 spiro atoms. The molecule has 0 amide bonds. The van der Waals surface area contributed by atoms with E-state index in [2.05, 4.69) is 10.1 Å². The second-order valence-corrected chi connectivity index (χ2v) is 9.05. The maximum Gasteiger partial charge on any atom is 0.269 e. The van der Waals surface area contributed by atoms with Gasteiger partial charge in [0, 0.05) is 35.7 Å². The van der Waals surface area contributed by atoms with E-state index in [1.807, 2.05) is 18.2 Å². The van der Waals surface area contributed by atoms with Gasteiger partial charge in [0.25, 0.3) is 10.0 Å². The zero-order valence-corrected chi connectivity index (χ0v) is 18.7. The molecule has 0 saturated carbocycles. The second-order valence-electron chi connectivity index (χ2n) is 7.23. The van der Waals surface area contributed by atoms with Gasteiger partial charge >= 0.3 is 0 Å². The average Bonchev–Trinajstić information content (AvgIpc) is 3.52. The molecule has 3 aromatic heterocycles. The van der Waals surface area contributed by atoms with Crippen molar-refractivity contribution in [3.05, 3.63) is 85.5 Å². The van der Waals surface area contributed by atoms with Crippen LogP contribution in [0, 0.1) is 0 Å². The van der Waals surface area contributed by atoms with Crippen molar-refractivity contribution in [2.45, 2.75) is 4.90 Å². The summed E-state index contributed by atoms with van der Waals surface area (Å²) in [6.07, 6.45) is 6.63. The molecule has 0 aliphatic rings. The third kappa shape index (κ3) is 3.52. The predicted molar refractivity (Wildman–Crippen MR) is 124 cm³/mol. The van der Waals surface area contributed by atoms with Crippen LogP contribution >= 0.6 is 0 Å². The van der Waals surface area contributed by atoms with Gasteiger partial charge in [-0.1, -0.05) is 6.07 Å². The van der Waals surface area contributed by atoms with Crippen LogP contribution in [0.2, 0.25) is 0 Å². The number of methoxy groups -OCH3 is 2. The molecule has 0 radical (unpaired) electrons. The summed E-state index contributed by atoms with van der Waals surface area (Å²) in [7, 11) is -0.772. The van der Waals surface area contributed by atoms with Gasteiger partial charge in [0.2, 0.25) is 0 Å². The molecular weight excluding hydrogens is 440 g/mol. The fraction of sp³-hybridized carbons (Fsp3) is 0.0833. The van der Waals surface area contributed by atoms with E-state index in [4.69, 9.17) is 9.47 Å². The van der Waals surface area contributed by atoms with E-state index in [0.717, 1.165) is 16.8 Å². The van der Waals surface area contributed by atoms with Gasteiger partial charge in [-0.05, 0) is 60.2 Å². The summed E-state index contributed by atoms with van der Waals surface area (Å²) in [5.41, 5.74) is 2.61. The molecule has 0 fully saturated rings. The van der Waals surface area contributed by atoms with E-state index in [0.29, 0.717) is 22.5 Å². The molecule has 0 saturated heterocycles. The van der Waals surface area contributed by atoms with Gasteiger partial charge in [-0.15, -0.1) is 0 Å². The van der Waals surface area contributed by atoms with Crippen LogP contribution in [0.15, 0.2) is 90.3 Å². The number of pyridine rings is 1. The lowest BCUT2D eigenvalue weighted by Crippen LogP contribution is -2.12. The van der Waals surface area contributed by atoms with E-state index in [1.54, 1.807) is 86.2 Å². The van der Waals surface area contributed by atoms with Crippen molar-refractivity contribution < 1.29 is 17.9 Å². The summed E-state index contributed by atoms with van der Waals surface area (Å²) < 4.78 is 40.8. The number of rotatable bonds is 6. The fourth-order valence-corrected chi connectivity index (χ4v) is 5.08. The van der Waals surface area contributed by atoms with Crippen molar-refractivity contribution in [3.8, 4) is 28.3 Å². The smallest absolute Gasteiger partial charge is 0.269 e. The highest BCUT2D eigenvalue weighted by Gasteiger charge is 2.23. The molecule has 0 atom stereocenters. The molecular formula is C24H20N4O4S. The van der Waals surface area contributed by atoms with Crippen LogP contribution in [0.25, 0.3) is 27.8 Å². The summed E-state index contributed by atoms with van der Waals surface area (Å²) in [5, 5.41) is 4.88. The Morgan fingerprint density at radius 2 is 1.67 bits per heavy atom. The SMILES string of the molecule is COc1ccc(-c2cn(S(=O)(=O)c3ccc(-n4cccn4)cc3)c3ncccc23)cc1OC. The Hall–Kier alpha value is -4.11. The zero-order chi connectivity index (χ0) is 23.0. The molecule has 0 N–H and O–H groups in total. The molecule has 3 heterocycles. The standard InChI is InChI=1S/C24H20N4O4S/c1-31-22-11-6-17(15-23(22)32-2)21-16-28(24-20(21)5-3-12-25-24)33(29,30)19-9-7-18(8-10-19)27-14-4-13-26-27/h3-16H,1-2H3. The first-order chi connectivity index (χ1) is 16.0. The topological polar surface area (TPSA) is 88.2 Å². The highest BCUT2D eigenvalue weighted by molar-refractivity contribution is 7.90. The molecule has 0 bridgehead atoms. The first kappa shape index (κ1) is 20.8. The second kappa shape index (κ2) is 8.10. The number of ether oxygens (including phenoxy) is 2. The number of benzene rings is 2. The van der Waals surface area contributed by atoms with Crippen molar-refractivity contribution in [2.24, 2.45) is 0 Å². The lowest BCUT2D eigenvalue weighted by Gasteiger charge is -2.09. The predicted octanol–water partition coefficient (Wildman–Crippen LogP) is 4.14. The van der Waals surface area contributed by atoms with Gasteiger partial charge < -0.3 is 9.47 Å². The van der Waals surface area contributed by atoms with Gasteiger partial charge in [-0.25, -0.2) is 22.1 Å². The molecule has 0 unspecified atom stereocenters. The van der Waals surface area contributed by atoms with Crippen molar-refractivity contribution in [2.75, 3.05) is 14.2 Å². The van der Waals surface area contributed by atoms with Gasteiger partial charge in [0.15, 0.2) is 17.1 Å². The maximum absolute atomic E-state index is 13.6.